The van der Waals surface area contributed by atoms with Crippen molar-refractivity contribution in [1.82, 2.24) is 0 Å². The zero-order chi connectivity index (χ0) is 12.5. The third-order valence-corrected chi connectivity index (χ3v) is 3.94. The van der Waals surface area contributed by atoms with Gasteiger partial charge in [0.25, 0.3) is 0 Å². The van der Waals surface area contributed by atoms with Gasteiger partial charge in [-0.1, -0.05) is 18.2 Å². The van der Waals surface area contributed by atoms with Crippen molar-refractivity contribution >= 4 is 23.0 Å². The SMILES string of the molecule is NC1=NCC(c2cccs2)N1c1ccccc1F. The lowest BCUT2D eigenvalue weighted by Crippen LogP contribution is -2.36. The van der Waals surface area contributed by atoms with E-state index in [1.807, 2.05) is 17.5 Å². The molecule has 2 N–H and O–H groups in total. The fourth-order valence-electron chi connectivity index (χ4n) is 2.13. The van der Waals surface area contributed by atoms with Crippen molar-refractivity contribution in [3.8, 4) is 0 Å². The number of thiophene rings is 1. The first kappa shape index (κ1) is 11.2. The first-order valence-corrected chi connectivity index (χ1v) is 6.52. The lowest BCUT2D eigenvalue weighted by atomic mass is 10.2. The maximum atomic E-state index is 13.9. The molecule has 0 radical (unpaired) electrons. The van der Waals surface area contributed by atoms with Crippen LogP contribution in [0.5, 0.6) is 0 Å². The van der Waals surface area contributed by atoms with Crippen molar-refractivity contribution in [1.29, 1.82) is 0 Å². The molecule has 0 saturated heterocycles. The highest BCUT2D eigenvalue weighted by Crippen LogP contribution is 2.34. The maximum Gasteiger partial charge on any atom is 0.196 e. The van der Waals surface area contributed by atoms with E-state index >= 15 is 0 Å². The summed E-state index contributed by atoms with van der Waals surface area (Å²) in [6, 6.07) is 10.6. The molecule has 1 aliphatic heterocycles. The summed E-state index contributed by atoms with van der Waals surface area (Å²) in [5, 5.41) is 2.00. The Hall–Kier alpha value is -1.88. The molecule has 0 bridgehead atoms. The first-order chi connectivity index (χ1) is 8.77. The summed E-state index contributed by atoms with van der Waals surface area (Å²) in [6.45, 7) is 0.570. The minimum atomic E-state index is -0.279. The highest BCUT2D eigenvalue weighted by atomic mass is 32.1. The zero-order valence-corrected chi connectivity index (χ0v) is 10.4. The van der Waals surface area contributed by atoms with Crippen LogP contribution in [0.25, 0.3) is 0 Å². The average molecular weight is 261 g/mol. The highest BCUT2D eigenvalue weighted by molar-refractivity contribution is 7.10. The average Bonchev–Trinajstić information content (AvgIpc) is 2.99. The van der Waals surface area contributed by atoms with E-state index in [2.05, 4.69) is 4.99 Å². The number of nitrogens with zero attached hydrogens (tertiary/aromatic N) is 2. The molecule has 0 spiro atoms. The molecule has 0 amide bonds. The van der Waals surface area contributed by atoms with Gasteiger partial charge in [-0.15, -0.1) is 11.3 Å². The van der Waals surface area contributed by atoms with Gasteiger partial charge in [-0.3, -0.25) is 9.89 Å². The van der Waals surface area contributed by atoms with Crippen molar-refractivity contribution in [2.75, 3.05) is 11.4 Å². The van der Waals surface area contributed by atoms with E-state index in [0.29, 0.717) is 18.2 Å². The van der Waals surface area contributed by atoms with E-state index in [9.17, 15) is 4.39 Å². The van der Waals surface area contributed by atoms with Crippen LogP contribution in [0, 0.1) is 5.82 Å². The van der Waals surface area contributed by atoms with E-state index in [0.717, 1.165) is 4.88 Å². The number of nitrogens with two attached hydrogens (primary N) is 1. The number of rotatable bonds is 2. The Labute approximate surface area is 108 Å². The van der Waals surface area contributed by atoms with Gasteiger partial charge < -0.3 is 5.73 Å². The van der Waals surface area contributed by atoms with Crippen LogP contribution < -0.4 is 10.6 Å². The van der Waals surface area contributed by atoms with Crippen molar-refractivity contribution in [2.24, 2.45) is 10.7 Å². The third kappa shape index (κ3) is 1.76. The predicted molar refractivity (Wildman–Crippen MR) is 72.4 cm³/mol. The summed E-state index contributed by atoms with van der Waals surface area (Å²) in [6.07, 6.45) is 0. The number of guanidine groups is 1. The zero-order valence-electron chi connectivity index (χ0n) is 9.58. The molecule has 3 rings (SSSR count). The number of aliphatic imine (C=N–C) groups is 1. The van der Waals surface area contributed by atoms with E-state index in [4.69, 9.17) is 5.73 Å². The molecule has 1 aromatic carbocycles. The summed E-state index contributed by atoms with van der Waals surface area (Å²) < 4.78 is 13.9. The molecule has 3 nitrogen and oxygen atoms in total. The van der Waals surface area contributed by atoms with Crippen LogP contribution in [-0.2, 0) is 0 Å². The Morgan fingerprint density at radius 3 is 2.83 bits per heavy atom. The topological polar surface area (TPSA) is 41.6 Å². The molecule has 1 aromatic heterocycles. The van der Waals surface area contributed by atoms with Crippen molar-refractivity contribution in [3.63, 3.8) is 0 Å². The second-order valence-electron chi connectivity index (χ2n) is 4.05. The summed E-state index contributed by atoms with van der Waals surface area (Å²) in [7, 11) is 0. The van der Waals surface area contributed by atoms with Crippen molar-refractivity contribution in [2.45, 2.75) is 6.04 Å². The fraction of sp³-hybridized carbons (Fsp3) is 0.154. The molecule has 18 heavy (non-hydrogen) atoms. The van der Waals surface area contributed by atoms with Gasteiger partial charge in [0.2, 0.25) is 0 Å². The molecule has 1 aliphatic rings. The number of hydrogen-bond acceptors (Lipinski definition) is 4. The molecule has 0 fully saturated rings. The lowest BCUT2D eigenvalue weighted by Gasteiger charge is -2.25. The van der Waals surface area contributed by atoms with E-state index in [-0.39, 0.29) is 11.9 Å². The molecule has 2 heterocycles. The lowest BCUT2D eigenvalue weighted by molar-refractivity contribution is 0.620. The molecule has 0 saturated carbocycles. The van der Waals surface area contributed by atoms with Crippen molar-refractivity contribution < 1.29 is 4.39 Å². The Balaban J connectivity index is 2.03. The van der Waals surface area contributed by atoms with Crippen LogP contribution in [-0.4, -0.2) is 12.5 Å². The van der Waals surface area contributed by atoms with Crippen LogP contribution in [0.1, 0.15) is 10.9 Å². The van der Waals surface area contributed by atoms with Gasteiger partial charge in [0.05, 0.1) is 18.3 Å². The Kier molecular flexibility index (Phi) is 2.76. The van der Waals surface area contributed by atoms with Crippen LogP contribution in [0.3, 0.4) is 0 Å². The van der Waals surface area contributed by atoms with Crippen LogP contribution in [0.4, 0.5) is 10.1 Å². The molecular weight excluding hydrogens is 249 g/mol. The van der Waals surface area contributed by atoms with Gasteiger partial charge in [0.1, 0.15) is 5.82 Å². The van der Waals surface area contributed by atoms with Gasteiger partial charge in [-0.2, -0.15) is 0 Å². The van der Waals surface area contributed by atoms with E-state index in [1.54, 1.807) is 34.4 Å². The standard InChI is InChI=1S/C13H12FN3S/c14-9-4-1-2-5-10(9)17-11(8-16-13(17)15)12-6-3-7-18-12/h1-7,11H,8H2,(H2,15,16). The molecule has 92 valence electrons. The molecule has 1 unspecified atom stereocenters. The van der Waals surface area contributed by atoms with E-state index in [1.165, 1.54) is 6.07 Å². The molecular formula is C13H12FN3S. The largest absolute Gasteiger partial charge is 0.369 e. The summed E-state index contributed by atoms with van der Waals surface area (Å²) in [5.74, 6) is 0.0950. The normalized spacial score (nSPS) is 19.1. The quantitative estimate of drug-likeness (QED) is 0.903. The number of benzene rings is 1. The van der Waals surface area contributed by atoms with Gasteiger partial charge in [0.15, 0.2) is 5.96 Å². The predicted octanol–water partition coefficient (Wildman–Crippen LogP) is 2.76. The summed E-state index contributed by atoms with van der Waals surface area (Å²) in [4.78, 5) is 7.14. The second-order valence-corrected chi connectivity index (χ2v) is 5.03. The van der Waals surface area contributed by atoms with Crippen LogP contribution >= 0.6 is 11.3 Å². The second kappa shape index (κ2) is 4.42. The molecule has 5 heteroatoms. The van der Waals surface area contributed by atoms with Crippen LogP contribution in [0.15, 0.2) is 46.8 Å². The van der Waals surface area contributed by atoms with Crippen LogP contribution in [0.2, 0.25) is 0 Å². The Morgan fingerprint density at radius 2 is 2.11 bits per heavy atom. The minimum absolute atomic E-state index is 0.00176. The van der Waals surface area contributed by atoms with Gasteiger partial charge >= 0.3 is 0 Å². The smallest absolute Gasteiger partial charge is 0.196 e. The fourth-order valence-corrected chi connectivity index (χ4v) is 2.94. The minimum Gasteiger partial charge on any atom is -0.369 e. The number of para-hydroxylation sites is 1. The summed E-state index contributed by atoms with van der Waals surface area (Å²) >= 11 is 1.63. The molecule has 2 aromatic rings. The van der Waals surface area contributed by atoms with Gasteiger partial charge in [-0.25, -0.2) is 4.39 Å². The highest BCUT2D eigenvalue weighted by Gasteiger charge is 2.30. The number of anilines is 1. The third-order valence-electron chi connectivity index (χ3n) is 2.97. The van der Waals surface area contributed by atoms with Gasteiger partial charge in [-0.05, 0) is 23.6 Å². The Bertz CT molecular complexity index is 580. The number of hydrogen-bond donors (Lipinski definition) is 1. The molecule has 1 atom stereocenters. The summed E-state index contributed by atoms with van der Waals surface area (Å²) in [5.41, 5.74) is 6.37. The monoisotopic (exact) mass is 261 g/mol. The number of halogens is 1. The van der Waals surface area contributed by atoms with E-state index < -0.39 is 0 Å². The van der Waals surface area contributed by atoms with Crippen molar-refractivity contribution in [3.05, 3.63) is 52.5 Å². The Morgan fingerprint density at radius 1 is 1.28 bits per heavy atom. The first-order valence-electron chi connectivity index (χ1n) is 5.64. The molecule has 0 aliphatic carbocycles. The maximum absolute atomic E-state index is 13.9. The van der Waals surface area contributed by atoms with Gasteiger partial charge in [0, 0.05) is 4.88 Å².